The first kappa shape index (κ1) is 20.9. The predicted molar refractivity (Wildman–Crippen MR) is 111 cm³/mol. The lowest BCUT2D eigenvalue weighted by Crippen LogP contribution is -2.33. The monoisotopic (exact) mass is 387 g/mol. The van der Waals surface area contributed by atoms with Crippen LogP contribution in [0.15, 0.2) is 54.6 Å². The smallest absolute Gasteiger partial charge is 0.255 e. The van der Waals surface area contributed by atoms with Crippen LogP contribution in [0.2, 0.25) is 0 Å². The first-order valence-electron chi connectivity index (χ1n) is 9.18. The Labute approximate surface area is 166 Å². The molecule has 1 saturated heterocycles. The van der Waals surface area contributed by atoms with E-state index in [1.54, 1.807) is 30.3 Å². The molecule has 144 valence electrons. The first-order chi connectivity index (χ1) is 12.7. The Bertz CT molecular complexity index is 746. The molecule has 0 bridgehead atoms. The fourth-order valence-electron chi connectivity index (χ4n) is 3.23. The van der Waals surface area contributed by atoms with Gasteiger partial charge in [-0.25, -0.2) is 0 Å². The van der Waals surface area contributed by atoms with Crippen molar-refractivity contribution in [1.29, 1.82) is 0 Å². The van der Waals surface area contributed by atoms with Crippen molar-refractivity contribution in [3.63, 3.8) is 0 Å². The van der Waals surface area contributed by atoms with Gasteiger partial charge in [0.25, 0.3) is 11.8 Å². The molecule has 0 radical (unpaired) electrons. The SMILES string of the molecule is Cl.O=C(Nc1ccccc1C(=O)NCCC1CCCNC1)c1ccccc1. The van der Waals surface area contributed by atoms with Crippen LogP contribution in [0.25, 0.3) is 0 Å². The van der Waals surface area contributed by atoms with Crippen molar-refractivity contribution in [2.24, 2.45) is 5.92 Å². The number of nitrogens with one attached hydrogen (secondary N) is 3. The second-order valence-corrected chi connectivity index (χ2v) is 6.62. The Morgan fingerprint density at radius 3 is 2.48 bits per heavy atom. The minimum atomic E-state index is -0.223. The highest BCUT2D eigenvalue weighted by Crippen LogP contribution is 2.17. The van der Waals surface area contributed by atoms with E-state index < -0.39 is 0 Å². The van der Waals surface area contributed by atoms with E-state index >= 15 is 0 Å². The summed E-state index contributed by atoms with van der Waals surface area (Å²) in [5.74, 6) is 0.244. The minimum Gasteiger partial charge on any atom is -0.352 e. The third-order valence-electron chi connectivity index (χ3n) is 4.69. The Morgan fingerprint density at radius 1 is 1.00 bits per heavy atom. The number of hydrogen-bond donors (Lipinski definition) is 3. The van der Waals surface area contributed by atoms with Crippen molar-refractivity contribution in [3.8, 4) is 0 Å². The molecule has 1 unspecified atom stereocenters. The number of para-hydroxylation sites is 1. The summed E-state index contributed by atoms with van der Waals surface area (Å²) in [6, 6.07) is 16.1. The number of carbonyl (C=O) groups excluding carboxylic acids is 2. The van der Waals surface area contributed by atoms with Gasteiger partial charge >= 0.3 is 0 Å². The highest BCUT2D eigenvalue weighted by Gasteiger charge is 2.16. The molecule has 0 aliphatic carbocycles. The number of halogens is 1. The van der Waals surface area contributed by atoms with E-state index in [1.807, 2.05) is 24.3 Å². The molecule has 3 rings (SSSR count). The lowest BCUT2D eigenvalue weighted by Gasteiger charge is -2.22. The number of benzene rings is 2. The summed E-state index contributed by atoms with van der Waals surface area (Å²) in [4.78, 5) is 24.9. The van der Waals surface area contributed by atoms with E-state index in [-0.39, 0.29) is 24.2 Å². The van der Waals surface area contributed by atoms with E-state index in [4.69, 9.17) is 0 Å². The van der Waals surface area contributed by atoms with Crippen molar-refractivity contribution >= 4 is 29.9 Å². The molecule has 0 spiro atoms. The highest BCUT2D eigenvalue weighted by atomic mass is 35.5. The molecule has 1 aliphatic rings. The molecule has 27 heavy (non-hydrogen) atoms. The van der Waals surface area contributed by atoms with Crippen molar-refractivity contribution in [2.45, 2.75) is 19.3 Å². The Morgan fingerprint density at radius 2 is 1.74 bits per heavy atom. The van der Waals surface area contributed by atoms with E-state index in [1.165, 1.54) is 12.8 Å². The molecule has 2 aromatic carbocycles. The third kappa shape index (κ3) is 6.08. The summed E-state index contributed by atoms with van der Waals surface area (Å²) in [5, 5.41) is 9.21. The maximum absolute atomic E-state index is 12.5. The molecule has 6 heteroatoms. The van der Waals surface area contributed by atoms with Crippen LogP contribution in [-0.2, 0) is 0 Å². The van der Waals surface area contributed by atoms with Crippen LogP contribution in [0, 0.1) is 5.92 Å². The molecule has 3 N–H and O–H groups in total. The van der Waals surface area contributed by atoms with Gasteiger partial charge in [-0.3, -0.25) is 9.59 Å². The molecule has 1 atom stereocenters. The first-order valence-corrected chi connectivity index (χ1v) is 9.18. The fraction of sp³-hybridized carbons (Fsp3) is 0.333. The number of anilines is 1. The van der Waals surface area contributed by atoms with Crippen LogP contribution in [0.4, 0.5) is 5.69 Å². The summed E-state index contributed by atoms with van der Waals surface area (Å²) < 4.78 is 0. The fourth-order valence-corrected chi connectivity index (χ4v) is 3.23. The van der Waals surface area contributed by atoms with Crippen molar-refractivity contribution in [2.75, 3.05) is 25.0 Å². The molecule has 5 nitrogen and oxygen atoms in total. The zero-order valence-corrected chi connectivity index (χ0v) is 16.1. The van der Waals surface area contributed by atoms with E-state index in [0.717, 1.165) is 19.5 Å². The van der Waals surface area contributed by atoms with Gasteiger partial charge in [0.1, 0.15) is 0 Å². The van der Waals surface area contributed by atoms with Gasteiger partial charge in [0.15, 0.2) is 0 Å². The summed E-state index contributed by atoms with van der Waals surface area (Å²) in [5.41, 5.74) is 1.57. The normalized spacial score (nSPS) is 16.1. The van der Waals surface area contributed by atoms with Crippen molar-refractivity contribution in [3.05, 3.63) is 65.7 Å². The van der Waals surface area contributed by atoms with Gasteiger partial charge in [0.05, 0.1) is 11.3 Å². The van der Waals surface area contributed by atoms with Crippen LogP contribution in [-0.4, -0.2) is 31.4 Å². The maximum atomic E-state index is 12.5. The molecular weight excluding hydrogens is 362 g/mol. The topological polar surface area (TPSA) is 70.2 Å². The summed E-state index contributed by atoms with van der Waals surface area (Å²) >= 11 is 0. The predicted octanol–water partition coefficient (Wildman–Crippen LogP) is 3.48. The molecule has 1 heterocycles. The lowest BCUT2D eigenvalue weighted by molar-refractivity contribution is 0.0951. The molecule has 2 amide bonds. The standard InChI is InChI=1S/C21H25N3O2.ClH/c25-20(17-8-2-1-3-9-17)24-19-11-5-4-10-18(19)21(26)23-14-12-16-7-6-13-22-15-16;/h1-5,8-11,16,22H,6-7,12-15H2,(H,23,26)(H,24,25);1H. The second-order valence-electron chi connectivity index (χ2n) is 6.62. The Balaban J connectivity index is 0.00000261. The summed E-state index contributed by atoms with van der Waals surface area (Å²) in [6.07, 6.45) is 3.39. The van der Waals surface area contributed by atoms with Crippen LogP contribution < -0.4 is 16.0 Å². The van der Waals surface area contributed by atoms with Gasteiger partial charge in [0, 0.05) is 12.1 Å². The number of piperidine rings is 1. The van der Waals surface area contributed by atoms with Gasteiger partial charge in [-0.15, -0.1) is 12.4 Å². The largest absolute Gasteiger partial charge is 0.352 e. The van der Waals surface area contributed by atoms with Crippen LogP contribution in [0.5, 0.6) is 0 Å². The number of hydrogen-bond acceptors (Lipinski definition) is 3. The zero-order chi connectivity index (χ0) is 18.2. The number of carbonyl (C=O) groups is 2. The third-order valence-corrected chi connectivity index (χ3v) is 4.69. The molecule has 0 saturated carbocycles. The van der Waals surface area contributed by atoms with Crippen LogP contribution in [0.3, 0.4) is 0 Å². The highest BCUT2D eigenvalue weighted by molar-refractivity contribution is 6.08. The lowest BCUT2D eigenvalue weighted by atomic mass is 9.96. The van der Waals surface area contributed by atoms with E-state index in [2.05, 4.69) is 16.0 Å². The second kappa shape index (κ2) is 10.7. The summed E-state index contributed by atoms with van der Waals surface area (Å²) in [7, 11) is 0. The quantitative estimate of drug-likeness (QED) is 0.710. The van der Waals surface area contributed by atoms with Crippen LogP contribution >= 0.6 is 12.4 Å². The summed E-state index contributed by atoms with van der Waals surface area (Å²) in [6.45, 7) is 2.77. The van der Waals surface area contributed by atoms with Gasteiger partial charge in [-0.05, 0) is 62.5 Å². The van der Waals surface area contributed by atoms with E-state index in [0.29, 0.717) is 29.3 Å². The molecule has 2 aromatic rings. The van der Waals surface area contributed by atoms with Crippen molar-refractivity contribution in [1.82, 2.24) is 10.6 Å². The van der Waals surface area contributed by atoms with Gasteiger partial charge in [-0.1, -0.05) is 30.3 Å². The van der Waals surface area contributed by atoms with Gasteiger partial charge in [-0.2, -0.15) is 0 Å². The van der Waals surface area contributed by atoms with Gasteiger partial charge in [0.2, 0.25) is 0 Å². The van der Waals surface area contributed by atoms with Crippen molar-refractivity contribution < 1.29 is 9.59 Å². The maximum Gasteiger partial charge on any atom is 0.255 e. The average Bonchev–Trinajstić information content (AvgIpc) is 2.70. The van der Waals surface area contributed by atoms with E-state index in [9.17, 15) is 9.59 Å². The van der Waals surface area contributed by atoms with Crippen LogP contribution in [0.1, 0.15) is 40.0 Å². The molecular formula is C21H26ClN3O2. The molecule has 1 fully saturated rings. The Hall–Kier alpha value is -2.37. The zero-order valence-electron chi connectivity index (χ0n) is 15.2. The number of amides is 2. The Kier molecular flexibility index (Phi) is 8.30. The molecule has 1 aliphatic heterocycles. The number of rotatable bonds is 6. The minimum absolute atomic E-state index is 0. The average molecular weight is 388 g/mol. The molecule has 0 aromatic heterocycles. The van der Waals surface area contributed by atoms with Gasteiger partial charge < -0.3 is 16.0 Å².